The van der Waals surface area contributed by atoms with Crippen LogP contribution in [-0.2, 0) is 4.79 Å². The molecule has 20 heavy (non-hydrogen) atoms. The van der Waals surface area contributed by atoms with Crippen molar-refractivity contribution in [2.75, 3.05) is 5.32 Å². The molecule has 1 aliphatic carbocycles. The minimum absolute atomic E-state index is 0.0293. The lowest BCUT2D eigenvalue weighted by Crippen LogP contribution is -2.13. The van der Waals surface area contributed by atoms with E-state index in [0.717, 1.165) is 22.4 Å². The van der Waals surface area contributed by atoms with E-state index in [0.29, 0.717) is 6.42 Å². The van der Waals surface area contributed by atoms with Crippen molar-refractivity contribution >= 4 is 17.2 Å². The third kappa shape index (κ3) is 2.69. The highest BCUT2D eigenvalue weighted by molar-refractivity contribution is 6.07. The summed E-state index contributed by atoms with van der Waals surface area (Å²) >= 11 is 0. The van der Waals surface area contributed by atoms with Gasteiger partial charge in [-0.1, -0.05) is 54.6 Å². The predicted octanol–water partition coefficient (Wildman–Crippen LogP) is 4.04. The van der Waals surface area contributed by atoms with Crippen LogP contribution in [0.3, 0.4) is 0 Å². The van der Waals surface area contributed by atoms with Gasteiger partial charge in [-0.3, -0.25) is 4.79 Å². The van der Waals surface area contributed by atoms with Gasteiger partial charge >= 0.3 is 0 Å². The number of rotatable bonds is 3. The monoisotopic (exact) mass is 261 g/mol. The molecule has 2 aromatic rings. The molecule has 98 valence electrons. The minimum Gasteiger partial charge on any atom is -0.322 e. The SMILES string of the molecule is O=C(Nc1ccccc1)C1=CC(c2ccccc2)=CC1. The second-order valence-electron chi connectivity index (χ2n) is 4.72. The number of carbonyl (C=O) groups is 1. The zero-order valence-corrected chi connectivity index (χ0v) is 11.0. The fourth-order valence-electron chi connectivity index (χ4n) is 2.25. The van der Waals surface area contributed by atoms with Crippen LogP contribution in [0.5, 0.6) is 0 Å². The highest BCUT2D eigenvalue weighted by Gasteiger charge is 2.15. The van der Waals surface area contributed by atoms with Crippen molar-refractivity contribution in [3.05, 3.63) is 84.0 Å². The summed E-state index contributed by atoms with van der Waals surface area (Å²) in [5, 5.41) is 2.92. The molecule has 1 amide bonds. The van der Waals surface area contributed by atoms with Crippen molar-refractivity contribution in [1.29, 1.82) is 0 Å². The lowest BCUT2D eigenvalue weighted by Gasteiger charge is -2.05. The Morgan fingerprint density at radius 1 is 0.900 bits per heavy atom. The van der Waals surface area contributed by atoms with E-state index in [1.54, 1.807) is 0 Å². The van der Waals surface area contributed by atoms with Crippen molar-refractivity contribution in [2.45, 2.75) is 6.42 Å². The smallest absolute Gasteiger partial charge is 0.251 e. The lowest BCUT2D eigenvalue weighted by atomic mass is 10.1. The van der Waals surface area contributed by atoms with Gasteiger partial charge in [0.1, 0.15) is 0 Å². The number of anilines is 1. The fraction of sp³-hybridized carbons (Fsp3) is 0.0556. The van der Waals surface area contributed by atoms with Gasteiger partial charge in [-0.2, -0.15) is 0 Å². The topological polar surface area (TPSA) is 29.1 Å². The first kappa shape index (κ1) is 12.4. The second kappa shape index (κ2) is 5.57. The number of nitrogens with one attached hydrogen (secondary N) is 1. The summed E-state index contributed by atoms with van der Waals surface area (Å²) in [6.07, 6.45) is 4.74. The van der Waals surface area contributed by atoms with E-state index in [4.69, 9.17) is 0 Å². The summed E-state index contributed by atoms with van der Waals surface area (Å²) in [6, 6.07) is 19.6. The van der Waals surface area contributed by atoms with Crippen LogP contribution in [0.1, 0.15) is 12.0 Å². The van der Waals surface area contributed by atoms with E-state index < -0.39 is 0 Å². The van der Waals surface area contributed by atoms with Gasteiger partial charge in [0.05, 0.1) is 0 Å². The minimum atomic E-state index is -0.0293. The normalized spacial score (nSPS) is 13.6. The van der Waals surface area contributed by atoms with Gasteiger partial charge in [-0.15, -0.1) is 0 Å². The average molecular weight is 261 g/mol. The summed E-state index contributed by atoms with van der Waals surface area (Å²) in [4.78, 5) is 12.2. The Kier molecular flexibility index (Phi) is 3.46. The molecule has 1 aliphatic rings. The van der Waals surface area contributed by atoms with Gasteiger partial charge in [0, 0.05) is 11.3 Å². The average Bonchev–Trinajstić information content (AvgIpc) is 2.99. The maximum atomic E-state index is 12.2. The predicted molar refractivity (Wildman–Crippen MR) is 82.2 cm³/mol. The molecule has 0 aliphatic heterocycles. The van der Waals surface area contributed by atoms with E-state index in [1.165, 1.54) is 0 Å². The maximum Gasteiger partial charge on any atom is 0.251 e. The lowest BCUT2D eigenvalue weighted by molar-refractivity contribution is -0.112. The molecule has 0 unspecified atom stereocenters. The molecule has 0 aromatic heterocycles. The quantitative estimate of drug-likeness (QED) is 0.887. The standard InChI is InChI=1S/C18H15NO/c20-18(19-17-9-5-2-6-10-17)16-12-11-15(13-16)14-7-3-1-4-8-14/h1-11,13H,12H2,(H,19,20). The fourth-order valence-corrected chi connectivity index (χ4v) is 2.25. The molecule has 3 rings (SSSR count). The largest absolute Gasteiger partial charge is 0.322 e. The van der Waals surface area contributed by atoms with Crippen LogP contribution in [0, 0.1) is 0 Å². The number of hydrogen-bond acceptors (Lipinski definition) is 1. The van der Waals surface area contributed by atoms with Crippen LogP contribution < -0.4 is 5.32 Å². The number of allylic oxidation sites excluding steroid dienone is 3. The van der Waals surface area contributed by atoms with Gasteiger partial charge < -0.3 is 5.32 Å². The molecule has 1 N–H and O–H groups in total. The van der Waals surface area contributed by atoms with Crippen LogP contribution in [0.15, 0.2) is 78.4 Å². The number of amides is 1. The number of hydrogen-bond donors (Lipinski definition) is 1. The first-order chi connectivity index (χ1) is 9.83. The summed E-state index contributed by atoms with van der Waals surface area (Å²) in [7, 11) is 0. The highest BCUT2D eigenvalue weighted by Crippen LogP contribution is 2.26. The third-order valence-electron chi connectivity index (χ3n) is 3.30. The molecule has 0 bridgehead atoms. The third-order valence-corrected chi connectivity index (χ3v) is 3.30. The molecule has 2 nitrogen and oxygen atoms in total. The Morgan fingerprint density at radius 3 is 2.25 bits per heavy atom. The van der Waals surface area contributed by atoms with Crippen LogP contribution in [0.4, 0.5) is 5.69 Å². The molecule has 0 spiro atoms. The Balaban J connectivity index is 1.72. The van der Waals surface area contributed by atoms with Crippen molar-refractivity contribution < 1.29 is 4.79 Å². The molecule has 2 heteroatoms. The Hall–Kier alpha value is -2.61. The van der Waals surface area contributed by atoms with Gasteiger partial charge in [0.2, 0.25) is 0 Å². The van der Waals surface area contributed by atoms with Crippen LogP contribution in [0.2, 0.25) is 0 Å². The molecule has 0 fully saturated rings. The highest BCUT2D eigenvalue weighted by atomic mass is 16.1. The first-order valence-corrected chi connectivity index (χ1v) is 6.65. The van der Waals surface area contributed by atoms with Crippen LogP contribution >= 0.6 is 0 Å². The number of benzene rings is 2. The van der Waals surface area contributed by atoms with Gasteiger partial charge in [0.15, 0.2) is 0 Å². The summed E-state index contributed by atoms with van der Waals surface area (Å²) in [6.45, 7) is 0. The number of para-hydroxylation sites is 1. The zero-order valence-electron chi connectivity index (χ0n) is 11.0. The van der Waals surface area contributed by atoms with Crippen molar-refractivity contribution in [2.24, 2.45) is 0 Å². The molecule has 0 heterocycles. The van der Waals surface area contributed by atoms with E-state index in [9.17, 15) is 4.79 Å². The zero-order chi connectivity index (χ0) is 13.8. The van der Waals surface area contributed by atoms with Crippen molar-refractivity contribution in [1.82, 2.24) is 0 Å². The van der Waals surface area contributed by atoms with E-state index in [2.05, 4.69) is 23.5 Å². The number of carbonyl (C=O) groups excluding carboxylic acids is 1. The molecular weight excluding hydrogens is 246 g/mol. The molecule has 0 radical (unpaired) electrons. The van der Waals surface area contributed by atoms with Crippen molar-refractivity contribution in [3.63, 3.8) is 0 Å². The van der Waals surface area contributed by atoms with E-state index in [-0.39, 0.29) is 5.91 Å². The Labute approximate surface area is 118 Å². The maximum absolute atomic E-state index is 12.2. The Bertz CT molecular complexity index is 669. The molecule has 0 saturated heterocycles. The summed E-state index contributed by atoms with van der Waals surface area (Å²) < 4.78 is 0. The van der Waals surface area contributed by atoms with Gasteiger partial charge in [-0.25, -0.2) is 0 Å². The van der Waals surface area contributed by atoms with E-state index in [1.807, 2.05) is 54.6 Å². The molecule has 0 atom stereocenters. The van der Waals surface area contributed by atoms with Crippen LogP contribution in [-0.4, -0.2) is 5.91 Å². The molecule has 0 saturated carbocycles. The molecule has 2 aromatic carbocycles. The summed E-state index contributed by atoms with van der Waals surface area (Å²) in [5.74, 6) is -0.0293. The van der Waals surface area contributed by atoms with Crippen molar-refractivity contribution in [3.8, 4) is 0 Å². The first-order valence-electron chi connectivity index (χ1n) is 6.65. The van der Waals surface area contributed by atoms with E-state index >= 15 is 0 Å². The van der Waals surface area contributed by atoms with Gasteiger partial charge in [-0.05, 0) is 35.8 Å². The summed E-state index contributed by atoms with van der Waals surface area (Å²) in [5.41, 5.74) is 3.89. The molecular formula is C18H15NO. The second-order valence-corrected chi connectivity index (χ2v) is 4.72. The van der Waals surface area contributed by atoms with Crippen LogP contribution in [0.25, 0.3) is 5.57 Å². The Morgan fingerprint density at radius 2 is 1.55 bits per heavy atom. The van der Waals surface area contributed by atoms with Gasteiger partial charge in [0.25, 0.3) is 5.91 Å².